The van der Waals surface area contributed by atoms with E-state index >= 15 is 0 Å². The van der Waals surface area contributed by atoms with Crippen molar-refractivity contribution in [2.24, 2.45) is 0 Å². The molecule has 72 valence electrons. The van der Waals surface area contributed by atoms with Crippen molar-refractivity contribution in [3.63, 3.8) is 0 Å². The van der Waals surface area contributed by atoms with Gasteiger partial charge in [-0.05, 0) is 52.6 Å². The van der Waals surface area contributed by atoms with Gasteiger partial charge in [0.05, 0.1) is 0 Å². The predicted octanol–water partition coefficient (Wildman–Crippen LogP) is 1.63. The molecule has 0 saturated carbocycles. The first-order valence-electron chi connectivity index (χ1n) is 5.09. The minimum Gasteiger partial charge on any atom is -0.397 e. The van der Waals surface area contributed by atoms with Crippen molar-refractivity contribution in [3.8, 4) is 0 Å². The van der Waals surface area contributed by atoms with Crippen LogP contribution in [0.15, 0.2) is 0 Å². The summed E-state index contributed by atoms with van der Waals surface area (Å²) < 4.78 is 0. The standard InChI is InChI=1S/C8H15N.C2H6O/c1-8-4-2-6-9(8)7-3-5-8;1-2-3/h2-7H2,1H3;3H,2H2,1H3. The molecule has 0 aromatic carbocycles. The van der Waals surface area contributed by atoms with Crippen LogP contribution in [0.3, 0.4) is 0 Å². The normalized spacial score (nSPS) is 26.2. The molecule has 0 amide bonds. The van der Waals surface area contributed by atoms with Crippen molar-refractivity contribution in [1.82, 2.24) is 4.90 Å². The number of rotatable bonds is 0. The zero-order chi connectivity index (χ0) is 9.03. The lowest BCUT2D eigenvalue weighted by molar-refractivity contribution is 0.218. The van der Waals surface area contributed by atoms with Gasteiger partial charge in [0.2, 0.25) is 0 Å². The molecule has 12 heavy (non-hydrogen) atoms. The molecule has 2 nitrogen and oxygen atoms in total. The van der Waals surface area contributed by atoms with Crippen molar-refractivity contribution in [1.29, 1.82) is 0 Å². The van der Waals surface area contributed by atoms with Crippen molar-refractivity contribution >= 4 is 0 Å². The van der Waals surface area contributed by atoms with E-state index in [2.05, 4.69) is 11.8 Å². The monoisotopic (exact) mass is 171 g/mol. The third kappa shape index (κ3) is 1.99. The van der Waals surface area contributed by atoms with Crippen LogP contribution in [0.4, 0.5) is 0 Å². The minimum absolute atomic E-state index is 0.250. The molecular formula is C10H21NO. The van der Waals surface area contributed by atoms with Crippen molar-refractivity contribution < 1.29 is 5.11 Å². The molecule has 2 heterocycles. The molecule has 0 aromatic rings. The summed E-state index contributed by atoms with van der Waals surface area (Å²) in [4.78, 5) is 2.66. The highest BCUT2D eigenvalue weighted by Crippen LogP contribution is 2.37. The van der Waals surface area contributed by atoms with Crippen molar-refractivity contribution in [2.45, 2.75) is 45.1 Å². The van der Waals surface area contributed by atoms with Gasteiger partial charge >= 0.3 is 0 Å². The van der Waals surface area contributed by atoms with E-state index in [1.165, 1.54) is 38.8 Å². The Morgan fingerprint density at radius 3 is 2.00 bits per heavy atom. The lowest BCUT2D eigenvalue weighted by Gasteiger charge is -2.26. The van der Waals surface area contributed by atoms with E-state index in [4.69, 9.17) is 5.11 Å². The predicted molar refractivity (Wildman–Crippen MR) is 51.2 cm³/mol. The fraction of sp³-hybridized carbons (Fsp3) is 1.00. The quantitative estimate of drug-likeness (QED) is 0.599. The maximum Gasteiger partial charge on any atom is 0.0402 e. The van der Waals surface area contributed by atoms with Gasteiger partial charge in [-0.25, -0.2) is 0 Å². The molecule has 2 rings (SSSR count). The van der Waals surface area contributed by atoms with Gasteiger partial charge in [0.15, 0.2) is 0 Å². The molecular weight excluding hydrogens is 150 g/mol. The summed E-state index contributed by atoms with van der Waals surface area (Å²) in [6.07, 6.45) is 5.78. The zero-order valence-corrected chi connectivity index (χ0v) is 8.34. The van der Waals surface area contributed by atoms with Crippen molar-refractivity contribution in [3.05, 3.63) is 0 Å². The van der Waals surface area contributed by atoms with E-state index in [-0.39, 0.29) is 6.61 Å². The third-order valence-electron chi connectivity index (χ3n) is 3.05. The Hall–Kier alpha value is -0.0800. The van der Waals surface area contributed by atoms with Gasteiger partial charge in [0, 0.05) is 12.1 Å². The van der Waals surface area contributed by atoms with Crippen molar-refractivity contribution in [2.75, 3.05) is 19.7 Å². The fourth-order valence-corrected chi connectivity index (χ4v) is 2.39. The summed E-state index contributed by atoms with van der Waals surface area (Å²) >= 11 is 0. The summed E-state index contributed by atoms with van der Waals surface area (Å²) in [6, 6.07) is 0. The second kappa shape index (κ2) is 4.24. The molecule has 0 aromatic heterocycles. The Balaban J connectivity index is 0.000000213. The maximum atomic E-state index is 7.57. The lowest BCUT2D eigenvalue weighted by atomic mass is 9.97. The van der Waals surface area contributed by atoms with Gasteiger partial charge in [-0.1, -0.05) is 0 Å². The van der Waals surface area contributed by atoms with Gasteiger partial charge in [0.1, 0.15) is 0 Å². The third-order valence-corrected chi connectivity index (χ3v) is 3.05. The van der Waals surface area contributed by atoms with Crippen LogP contribution in [0.5, 0.6) is 0 Å². The Morgan fingerprint density at radius 1 is 1.25 bits per heavy atom. The maximum absolute atomic E-state index is 7.57. The smallest absolute Gasteiger partial charge is 0.0402 e. The highest BCUT2D eigenvalue weighted by Gasteiger charge is 2.39. The summed E-state index contributed by atoms with van der Waals surface area (Å²) in [5.41, 5.74) is 0.639. The second-order valence-corrected chi connectivity index (χ2v) is 4.01. The molecule has 2 fully saturated rings. The summed E-state index contributed by atoms with van der Waals surface area (Å²) in [7, 11) is 0. The Labute approximate surface area is 75.6 Å². The van der Waals surface area contributed by atoms with Crippen LogP contribution in [0.25, 0.3) is 0 Å². The largest absolute Gasteiger partial charge is 0.397 e. The van der Waals surface area contributed by atoms with Crippen LogP contribution in [-0.2, 0) is 0 Å². The molecule has 2 heteroatoms. The average molecular weight is 171 g/mol. The Bertz CT molecular complexity index is 126. The van der Waals surface area contributed by atoms with Crippen LogP contribution in [0, 0.1) is 0 Å². The first-order valence-corrected chi connectivity index (χ1v) is 5.09. The average Bonchev–Trinajstić information content (AvgIpc) is 2.46. The second-order valence-electron chi connectivity index (χ2n) is 4.01. The molecule has 0 bridgehead atoms. The molecule has 2 aliphatic rings. The molecule has 2 saturated heterocycles. The van der Waals surface area contributed by atoms with Gasteiger partial charge in [-0.2, -0.15) is 0 Å². The highest BCUT2D eigenvalue weighted by molar-refractivity contribution is 4.96. The summed E-state index contributed by atoms with van der Waals surface area (Å²) in [5, 5.41) is 7.57. The van der Waals surface area contributed by atoms with E-state index in [1.54, 1.807) is 6.92 Å². The zero-order valence-electron chi connectivity index (χ0n) is 8.34. The molecule has 0 radical (unpaired) electrons. The van der Waals surface area contributed by atoms with E-state index in [1.807, 2.05) is 0 Å². The van der Waals surface area contributed by atoms with E-state index < -0.39 is 0 Å². The van der Waals surface area contributed by atoms with E-state index in [0.717, 1.165) is 0 Å². The van der Waals surface area contributed by atoms with Crippen LogP contribution in [-0.4, -0.2) is 35.2 Å². The molecule has 0 unspecified atom stereocenters. The van der Waals surface area contributed by atoms with E-state index in [0.29, 0.717) is 5.54 Å². The molecule has 0 spiro atoms. The number of fused-ring (bicyclic) bond motifs is 1. The number of nitrogens with zero attached hydrogens (tertiary/aromatic N) is 1. The molecule has 2 aliphatic heterocycles. The van der Waals surface area contributed by atoms with Crippen LogP contribution < -0.4 is 0 Å². The van der Waals surface area contributed by atoms with E-state index in [9.17, 15) is 0 Å². The van der Waals surface area contributed by atoms with Crippen LogP contribution in [0.2, 0.25) is 0 Å². The number of hydrogen-bond donors (Lipinski definition) is 1. The molecule has 0 atom stereocenters. The van der Waals surface area contributed by atoms with Crippen LogP contribution in [0.1, 0.15) is 39.5 Å². The summed E-state index contributed by atoms with van der Waals surface area (Å²) in [5.74, 6) is 0. The van der Waals surface area contributed by atoms with Gasteiger partial charge in [-0.3, -0.25) is 4.90 Å². The molecule has 1 N–H and O–H groups in total. The first-order chi connectivity index (χ1) is 5.73. The fourth-order valence-electron chi connectivity index (χ4n) is 2.39. The minimum atomic E-state index is 0.250. The number of aliphatic hydroxyl groups is 1. The first kappa shape index (κ1) is 10.0. The van der Waals surface area contributed by atoms with Gasteiger partial charge in [-0.15, -0.1) is 0 Å². The SMILES string of the molecule is CC12CCCN1CCC2.CCO. The summed E-state index contributed by atoms with van der Waals surface area (Å²) in [6.45, 7) is 7.10. The topological polar surface area (TPSA) is 23.5 Å². The van der Waals surface area contributed by atoms with Crippen LogP contribution >= 0.6 is 0 Å². The number of aliphatic hydroxyl groups excluding tert-OH is 1. The molecule has 0 aliphatic carbocycles. The Morgan fingerprint density at radius 2 is 1.67 bits per heavy atom. The van der Waals surface area contributed by atoms with Gasteiger partial charge in [0.25, 0.3) is 0 Å². The van der Waals surface area contributed by atoms with Gasteiger partial charge < -0.3 is 5.11 Å². The highest BCUT2D eigenvalue weighted by atomic mass is 16.2. The Kier molecular flexibility index (Phi) is 3.53. The number of hydrogen-bond acceptors (Lipinski definition) is 2. The lowest BCUT2D eigenvalue weighted by Crippen LogP contribution is -2.34.